The van der Waals surface area contributed by atoms with Gasteiger partial charge in [-0.25, -0.2) is 38.5 Å². The summed E-state index contributed by atoms with van der Waals surface area (Å²) in [6.07, 6.45) is -7.84. The molecular weight excluding hydrogens is 1570 g/mol. The molecule has 14 N–H and O–H groups in total. The minimum atomic E-state index is -3.86. The quantitative estimate of drug-likeness (QED) is 0.0433. The number of aromatic hydroxyl groups is 4. The number of nitrogens with zero attached hydrogens (tertiary/aromatic N) is 13. The fraction of sp³-hybridized carbons (Fsp3) is 0.487. The molecule has 6 fully saturated rings. The van der Waals surface area contributed by atoms with Gasteiger partial charge in [0, 0.05) is 115 Å². The largest absolute Gasteiger partial charge is 0.508 e. The molecule has 0 bridgehead atoms. The Bertz CT molecular complexity index is 5170. The van der Waals surface area contributed by atoms with Gasteiger partial charge in [0.25, 0.3) is 0 Å². The molecule has 119 heavy (non-hydrogen) atoms. The van der Waals surface area contributed by atoms with Gasteiger partial charge in [0.1, 0.15) is 46.8 Å². The molecule has 4 aromatic carbocycles. The summed E-state index contributed by atoms with van der Waals surface area (Å²) in [7, 11) is 0. The summed E-state index contributed by atoms with van der Waals surface area (Å²) in [5.74, 6) is -9.97. The number of H-pyrrole nitrogens is 2. The number of likely N-dealkylation sites (tertiary alicyclic amines) is 1. The highest BCUT2D eigenvalue weighted by atomic mass is 19.3. The SMILES string of the molecule is CC(C)c1cc(-c2n[nH]c(=O)n2-c2ccc(CN3CCN(CC(=O)N4CCC(C(=O)Nc5ccn([C@@H]6O[C@H](CO)[C@@H](O)C6(F)F)c(=O)n5)CC4)CC3)cc2)c(O)cc1O.CC(C)c1cc(-c2n[nH]c(=O)n2-c2ccc(CN3CCN(CC(=O)O)CC3)cc2)c(O)cc1O.O=C(Nc1ccn([C@@H]2O[C@H](CO)[C@@H](O)C2(F)F)c(=O)n1)C1CCNCC1. The van der Waals surface area contributed by atoms with E-state index in [4.69, 9.17) is 19.7 Å². The second-order valence-electron chi connectivity index (χ2n) is 30.7. The third-order valence-electron chi connectivity index (χ3n) is 21.9. The Labute approximate surface area is 676 Å². The number of alkyl halides is 4. The van der Waals surface area contributed by atoms with E-state index in [1.807, 2.05) is 81.1 Å². The summed E-state index contributed by atoms with van der Waals surface area (Å²) < 4.78 is 70.9. The van der Waals surface area contributed by atoms with Gasteiger partial charge in [0.2, 0.25) is 30.2 Å². The number of nitrogens with one attached hydrogen (secondary N) is 5. The van der Waals surface area contributed by atoms with E-state index in [-0.39, 0.29) is 88.9 Å². The number of carbonyl (C=O) groups excluding carboxylic acids is 3. The van der Waals surface area contributed by atoms with Crippen molar-refractivity contribution in [3.05, 3.63) is 162 Å². The number of phenols is 4. The first-order valence-corrected chi connectivity index (χ1v) is 38.9. The van der Waals surface area contributed by atoms with E-state index in [2.05, 4.69) is 61.0 Å². The molecule has 6 aliphatic rings. The van der Waals surface area contributed by atoms with Crippen molar-refractivity contribution >= 4 is 35.3 Å². The molecule has 37 nitrogen and oxygen atoms in total. The van der Waals surface area contributed by atoms with Crippen LogP contribution in [0.1, 0.15) is 99.9 Å². The molecule has 6 aliphatic heterocycles. The Morgan fingerprint density at radius 3 is 1.26 bits per heavy atom. The molecule has 41 heteroatoms. The minimum Gasteiger partial charge on any atom is -0.508 e. The van der Waals surface area contributed by atoms with Crippen LogP contribution in [0.3, 0.4) is 0 Å². The highest BCUT2D eigenvalue weighted by Crippen LogP contribution is 2.45. The number of piperazine rings is 2. The van der Waals surface area contributed by atoms with Crippen LogP contribution in [0.5, 0.6) is 23.0 Å². The third kappa shape index (κ3) is 19.9. The van der Waals surface area contributed by atoms with Gasteiger partial charge in [-0.2, -0.15) is 37.7 Å². The summed E-state index contributed by atoms with van der Waals surface area (Å²) in [5.41, 5.74) is 2.07. The minimum absolute atomic E-state index is 0.00571. The maximum Gasteiger partial charge on any atom is 0.351 e. The number of aromatic amines is 2. The Balaban J connectivity index is 0.000000182. The maximum atomic E-state index is 14.5. The molecule has 3 amide bonds. The zero-order chi connectivity index (χ0) is 85.5. The lowest BCUT2D eigenvalue weighted by Crippen LogP contribution is -2.51. The molecule has 8 aromatic rings. The number of ether oxygens (including phenoxy) is 2. The van der Waals surface area contributed by atoms with Gasteiger partial charge in [-0.05, 0) is 121 Å². The van der Waals surface area contributed by atoms with Gasteiger partial charge in [0.15, 0.2) is 23.9 Å². The Kier molecular flexibility index (Phi) is 27.4. The monoisotopic (exact) mass is 1660 g/mol. The number of aliphatic hydroxyl groups excluding tert-OH is 4. The highest BCUT2D eigenvalue weighted by molar-refractivity contribution is 5.92. The van der Waals surface area contributed by atoms with E-state index in [0.717, 1.165) is 69.3 Å². The second-order valence-corrected chi connectivity index (χ2v) is 30.7. The van der Waals surface area contributed by atoms with E-state index in [9.17, 15) is 91.7 Å². The molecule has 0 spiro atoms. The van der Waals surface area contributed by atoms with Crippen molar-refractivity contribution in [1.82, 2.24) is 78.4 Å². The third-order valence-corrected chi connectivity index (χ3v) is 21.9. The van der Waals surface area contributed by atoms with E-state index < -0.39 is 102 Å². The molecule has 0 radical (unpaired) electrons. The first kappa shape index (κ1) is 87.2. The molecule has 14 rings (SSSR count). The number of carboxylic acid groups (broad SMARTS) is 1. The van der Waals surface area contributed by atoms with Crippen LogP contribution in [0.25, 0.3) is 34.2 Å². The Hall–Kier alpha value is -11.1. The number of aliphatic hydroxyl groups is 4. The van der Waals surface area contributed by atoms with E-state index in [0.29, 0.717) is 114 Å². The van der Waals surface area contributed by atoms with Crippen LogP contribution < -0.4 is 38.7 Å². The average Bonchev–Trinajstić information content (AvgIpc) is 1.61. The summed E-state index contributed by atoms with van der Waals surface area (Å²) in [4.78, 5) is 117. The molecule has 0 unspecified atom stereocenters. The van der Waals surface area contributed by atoms with Crippen molar-refractivity contribution < 1.29 is 92.2 Å². The molecule has 4 aromatic heterocycles. The summed E-state index contributed by atoms with van der Waals surface area (Å²) in [6, 6.07) is 23.2. The molecule has 0 saturated carbocycles. The molecular formula is C78H96F4N18O19. The van der Waals surface area contributed by atoms with Gasteiger partial charge in [-0.15, -0.1) is 0 Å². The Morgan fingerprint density at radius 2 is 0.899 bits per heavy atom. The molecule has 6 atom stereocenters. The van der Waals surface area contributed by atoms with E-state index in [1.165, 1.54) is 33.4 Å². The average molecular weight is 1670 g/mol. The van der Waals surface area contributed by atoms with Crippen LogP contribution in [-0.4, -0.2) is 284 Å². The van der Waals surface area contributed by atoms with Crippen molar-refractivity contribution in [3.8, 4) is 57.1 Å². The predicted octanol–water partition coefficient (Wildman–Crippen LogP) is 2.23. The number of rotatable bonds is 22. The first-order valence-electron chi connectivity index (χ1n) is 38.9. The number of halogens is 4. The highest BCUT2D eigenvalue weighted by Gasteiger charge is 2.61. The van der Waals surface area contributed by atoms with Gasteiger partial charge < -0.3 is 76.3 Å². The number of amides is 3. The first-order chi connectivity index (χ1) is 56.7. The van der Waals surface area contributed by atoms with Crippen molar-refractivity contribution in [2.45, 2.75) is 127 Å². The van der Waals surface area contributed by atoms with Crippen LogP contribution in [0, 0.1) is 11.8 Å². The molecule has 0 aliphatic carbocycles. The fourth-order valence-electron chi connectivity index (χ4n) is 15.1. The molecule has 10 heterocycles. The second kappa shape index (κ2) is 37.4. The fourth-order valence-corrected chi connectivity index (χ4v) is 15.1. The molecule has 6 saturated heterocycles. The number of hydrogen-bond acceptors (Lipinski definition) is 27. The zero-order valence-corrected chi connectivity index (χ0v) is 65.5. The van der Waals surface area contributed by atoms with Crippen LogP contribution in [0.2, 0.25) is 0 Å². The van der Waals surface area contributed by atoms with Crippen molar-refractivity contribution in [2.75, 3.05) is 115 Å². The van der Waals surface area contributed by atoms with Gasteiger partial charge in [0.05, 0.1) is 48.8 Å². The van der Waals surface area contributed by atoms with Crippen LogP contribution >= 0.6 is 0 Å². The van der Waals surface area contributed by atoms with Gasteiger partial charge >= 0.3 is 40.6 Å². The zero-order valence-electron chi connectivity index (χ0n) is 65.5. The number of anilines is 2. The topological polar surface area (TPSA) is 492 Å². The lowest BCUT2D eigenvalue weighted by atomic mass is 9.96. The summed E-state index contributed by atoms with van der Waals surface area (Å²) in [6.45, 7) is 15.7. The number of carbonyl (C=O) groups is 4. The Morgan fingerprint density at radius 1 is 0.521 bits per heavy atom. The lowest BCUT2D eigenvalue weighted by Gasteiger charge is -2.37. The maximum absolute atomic E-state index is 14.5. The number of aromatic nitrogens is 10. The number of carboxylic acids is 1. The van der Waals surface area contributed by atoms with E-state index in [1.54, 1.807) is 17.0 Å². The van der Waals surface area contributed by atoms with Crippen molar-refractivity contribution in [1.29, 1.82) is 0 Å². The summed E-state index contributed by atoms with van der Waals surface area (Å²) >= 11 is 0. The van der Waals surface area contributed by atoms with Crippen LogP contribution in [0.4, 0.5) is 29.2 Å². The normalized spacial score (nSPS) is 21.3. The smallest absolute Gasteiger partial charge is 0.351 e. The van der Waals surface area contributed by atoms with Crippen LogP contribution in [-0.2, 0) is 41.7 Å². The number of phenolic OH excluding ortho intramolecular Hbond substituents is 4. The van der Waals surface area contributed by atoms with Gasteiger partial charge in [-0.3, -0.25) is 47.9 Å². The van der Waals surface area contributed by atoms with E-state index >= 15 is 0 Å². The standard InChI is InChI=1S/C39H47F2N9O9.C24H29N5O5.C15H20F2N4O5/c1-22(2)26-17-27(29(53)18-28(26)52)34-44-45-38(58)50(34)25-5-3-23(4-6-25)19-46-13-15-47(16-14-46)20-32(54)48-10-7-24(8-11-48)35(56)42-31-9-12-49(37(57)43-31)36-39(40,41)33(55)30(21-51)59-36;1-15(2)18-11-19(21(31)12-20(18)30)23-25-26-24(34)29(23)17-5-3-16(4-6-17)13-27-7-9-28(10-8-27)14-22(32)33;16-15(17)11(23)9(7-22)26-13(15)21-6-3-10(20-14(21)25)19-12(24)8-1-4-18-5-2-8/h3-6,9,12,17-18,22,24,30,33,36,51-53,55H,7-8,10-11,13-16,19-21H2,1-2H3,(H,45,58)(H,42,43,56,57);3-6,11-12,15,30-31H,7-10,13-14H2,1-2H3,(H,26,34)(H,32,33);3,6,8-9,11,13,18,22-23H,1-2,4-5,7H2,(H,19,20,24,25)/t30-,33-,36-;;9-,11-,13-/m1.1/s1. The van der Waals surface area contributed by atoms with Crippen molar-refractivity contribution in [3.63, 3.8) is 0 Å². The number of aliphatic carboxylic acids is 1. The van der Waals surface area contributed by atoms with Crippen LogP contribution in [0.15, 0.2) is 117 Å². The summed E-state index contributed by atoms with van der Waals surface area (Å²) in [5, 5.41) is 109. The number of piperidine rings is 2. The van der Waals surface area contributed by atoms with Crippen molar-refractivity contribution in [2.24, 2.45) is 11.8 Å². The lowest BCUT2D eigenvalue weighted by molar-refractivity contribution is -0.141. The van der Waals surface area contributed by atoms with Gasteiger partial charge in [-0.1, -0.05) is 52.0 Å². The molecule has 640 valence electrons. The number of hydrogen-bond donors (Lipinski definition) is 14. The number of benzene rings is 4. The predicted molar refractivity (Wildman–Crippen MR) is 418 cm³/mol.